The SMILES string of the molecule is CCn1cncc1C(=O)OC.COC(=O)c1c[nH]cn1. The highest BCUT2D eigenvalue weighted by Crippen LogP contribution is 2.00. The molecule has 108 valence electrons. The van der Waals surface area contributed by atoms with Crippen molar-refractivity contribution in [3.8, 4) is 0 Å². The number of aromatic nitrogens is 4. The first-order valence-electron chi connectivity index (χ1n) is 5.79. The molecule has 0 saturated heterocycles. The van der Waals surface area contributed by atoms with E-state index in [2.05, 4.69) is 24.4 Å². The van der Waals surface area contributed by atoms with Gasteiger partial charge in [-0.15, -0.1) is 0 Å². The molecule has 0 amide bonds. The van der Waals surface area contributed by atoms with Crippen molar-refractivity contribution in [2.75, 3.05) is 14.2 Å². The lowest BCUT2D eigenvalue weighted by atomic mass is 10.4. The van der Waals surface area contributed by atoms with E-state index in [0.717, 1.165) is 6.54 Å². The van der Waals surface area contributed by atoms with Gasteiger partial charge in [-0.25, -0.2) is 19.6 Å². The summed E-state index contributed by atoms with van der Waals surface area (Å²) in [5, 5.41) is 0. The molecule has 0 bridgehead atoms. The van der Waals surface area contributed by atoms with Crippen LogP contribution >= 0.6 is 0 Å². The zero-order valence-corrected chi connectivity index (χ0v) is 11.5. The van der Waals surface area contributed by atoms with Crippen molar-refractivity contribution in [2.45, 2.75) is 13.5 Å². The van der Waals surface area contributed by atoms with E-state index in [1.54, 1.807) is 10.9 Å². The minimum absolute atomic E-state index is 0.303. The van der Waals surface area contributed by atoms with E-state index in [4.69, 9.17) is 0 Å². The second-order valence-corrected chi connectivity index (χ2v) is 3.50. The van der Waals surface area contributed by atoms with Crippen molar-refractivity contribution in [1.82, 2.24) is 19.5 Å². The van der Waals surface area contributed by atoms with Crippen LogP contribution in [0.3, 0.4) is 0 Å². The van der Waals surface area contributed by atoms with E-state index >= 15 is 0 Å². The Labute approximate surface area is 115 Å². The third-order valence-corrected chi connectivity index (χ3v) is 2.34. The summed E-state index contributed by atoms with van der Waals surface area (Å²) in [6.07, 6.45) is 6.00. The number of nitrogens with one attached hydrogen (secondary N) is 1. The van der Waals surface area contributed by atoms with Crippen molar-refractivity contribution in [3.63, 3.8) is 0 Å². The molecule has 2 rings (SSSR count). The molecule has 0 fully saturated rings. The van der Waals surface area contributed by atoms with E-state index in [-0.39, 0.29) is 5.97 Å². The fourth-order valence-electron chi connectivity index (χ4n) is 1.32. The zero-order chi connectivity index (χ0) is 15.0. The van der Waals surface area contributed by atoms with E-state index < -0.39 is 5.97 Å². The molecule has 8 heteroatoms. The fraction of sp³-hybridized carbons (Fsp3) is 0.333. The van der Waals surface area contributed by atoms with Gasteiger partial charge in [-0.2, -0.15) is 0 Å². The predicted molar refractivity (Wildman–Crippen MR) is 69.2 cm³/mol. The minimum atomic E-state index is -0.420. The Hall–Kier alpha value is -2.64. The maximum absolute atomic E-state index is 11.0. The molecule has 2 aromatic rings. The summed E-state index contributed by atoms with van der Waals surface area (Å²) in [4.78, 5) is 31.7. The highest BCUT2D eigenvalue weighted by atomic mass is 16.5. The zero-order valence-electron chi connectivity index (χ0n) is 11.5. The molecule has 1 N–H and O–H groups in total. The predicted octanol–water partition coefficient (Wildman–Crippen LogP) is 0.886. The first kappa shape index (κ1) is 15.4. The third-order valence-electron chi connectivity index (χ3n) is 2.34. The first-order valence-corrected chi connectivity index (χ1v) is 5.79. The Balaban J connectivity index is 0.000000204. The number of nitrogens with zero attached hydrogens (tertiary/aromatic N) is 3. The fourth-order valence-corrected chi connectivity index (χ4v) is 1.32. The van der Waals surface area contributed by atoms with Crippen LogP contribution in [-0.4, -0.2) is 45.7 Å². The van der Waals surface area contributed by atoms with Crippen LogP contribution in [0, 0.1) is 0 Å². The molecule has 0 radical (unpaired) electrons. The number of ether oxygens (including phenoxy) is 2. The van der Waals surface area contributed by atoms with Gasteiger partial charge in [-0.05, 0) is 6.92 Å². The number of esters is 2. The number of hydrogen-bond donors (Lipinski definition) is 1. The Kier molecular flexibility index (Phi) is 5.95. The quantitative estimate of drug-likeness (QED) is 0.838. The normalized spacial score (nSPS) is 9.35. The summed E-state index contributed by atoms with van der Waals surface area (Å²) in [6.45, 7) is 2.67. The molecule has 2 heterocycles. The van der Waals surface area contributed by atoms with Crippen LogP contribution in [0.2, 0.25) is 0 Å². The number of imidazole rings is 2. The lowest BCUT2D eigenvalue weighted by Gasteiger charge is -2.00. The summed E-state index contributed by atoms with van der Waals surface area (Å²) in [7, 11) is 2.67. The van der Waals surface area contributed by atoms with E-state index in [1.807, 2.05) is 6.92 Å². The molecule has 0 spiro atoms. The third kappa shape index (κ3) is 3.94. The van der Waals surface area contributed by atoms with Gasteiger partial charge in [0.2, 0.25) is 0 Å². The highest BCUT2D eigenvalue weighted by Gasteiger charge is 2.09. The molecule has 0 aliphatic carbocycles. The molecular weight excluding hydrogens is 264 g/mol. The largest absolute Gasteiger partial charge is 0.464 e. The van der Waals surface area contributed by atoms with E-state index in [0.29, 0.717) is 11.4 Å². The summed E-state index contributed by atoms with van der Waals surface area (Å²) < 4.78 is 10.6. The lowest BCUT2D eigenvalue weighted by molar-refractivity contribution is 0.0582. The van der Waals surface area contributed by atoms with Gasteiger partial charge in [0.25, 0.3) is 0 Å². The Morgan fingerprint density at radius 1 is 1.30 bits per heavy atom. The maximum Gasteiger partial charge on any atom is 0.358 e. The second-order valence-electron chi connectivity index (χ2n) is 3.50. The van der Waals surface area contributed by atoms with Crippen LogP contribution in [0.25, 0.3) is 0 Å². The molecule has 0 saturated carbocycles. The summed E-state index contributed by atoms with van der Waals surface area (Å²) in [6, 6.07) is 0. The van der Waals surface area contributed by atoms with Gasteiger partial charge in [0.15, 0.2) is 5.69 Å². The van der Waals surface area contributed by atoms with Crippen LogP contribution in [0.15, 0.2) is 25.0 Å². The van der Waals surface area contributed by atoms with Crippen LogP contribution in [0.5, 0.6) is 0 Å². The number of H-pyrrole nitrogens is 1. The Bertz CT molecular complexity index is 548. The topological polar surface area (TPSA) is 99.1 Å². The number of aromatic amines is 1. The molecule has 0 aliphatic rings. The number of rotatable bonds is 3. The molecule has 2 aromatic heterocycles. The molecule has 0 unspecified atom stereocenters. The highest BCUT2D eigenvalue weighted by molar-refractivity contribution is 5.87. The average Bonchev–Trinajstić information content (AvgIpc) is 3.16. The smallest absolute Gasteiger partial charge is 0.358 e. The van der Waals surface area contributed by atoms with Crippen LogP contribution in [-0.2, 0) is 16.0 Å². The first-order chi connectivity index (χ1) is 9.63. The van der Waals surface area contributed by atoms with Crippen molar-refractivity contribution in [3.05, 3.63) is 36.4 Å². The van der Waals surface area contributed by atoms with Gasteiger partial charge in [-0.1, -0.05) is 0 Å². The van der Waals surface area contributed by atoms with Gasteiger partial charge in [0, 0.05) is 12.7 Å². The molecule has 0 aromatic carbocycles. The summed E-state index contributed by atoms with van der Waals surface area (Å²) in [5.74, 6) is -0.763. The number of aryl methyl sites for hydroxylation is 1. The Morgan fingerprint density at radius 3 is 2.50 bits per heavy atom. The summed E-state index contributed by atoms with van der Waals surface area (Å²) in [5.41, 5.74) is 0.799. The number of carbonyl (C=O) groups excluding carboxylic acids is 2. The van der Waals surface area contributed by atoms with Crippen molar-refractivity contribution >= 4 is 11.9 Å². The number of hydrogen-bond acceptors (Lipinski definition) is 6. The minimum Gasteiger partial charge on any atom is -0.464 e. The standard InChI is InChI=1S/C7H10N2O2.C5H6N2O2/c1-3-9-5-8-4-6(9)7(10)11-2;1-9-5(8)4-2-6-3-7-4/h4-5H,3H2,1-2H3;2-3H,1H3,(H,6,7). The van der Waals surface area contributed by atoms with Gasteiger partial charge in [0.05, 0.1) is 33.1 Å². The van der Waals surface area contributed by atoms with Crippen molar-refractivity contribution < 1.29 is 19.1 Å². The molecule has 0 atom stereocenters. The second kappa shape index (κ2) is 7.72. The van der Waals surface area contributed by atoms with Crippen LogP contribution in [0.4, 0.5) is 0 Å². The molecule has 20 heavy (non-hydrogen) atoms. The van der Waals surface area contributed by atoms with E-state index in [1.165, 1.54) is 32.9 Å². The number of methoxy groups -OCH3 is 2. The number of carbonyl (C=O) groups is 2. The van der Waals surface area contributed by atoms with E-state index in [9.17, 15) is 9.59 Å². The molecular formula is C12H16N4O4. The van der Waals surface area contributed by atoms with Gasteiger partial charge in [-0.3, -0.25) is 0 Å². The van der Waals surface area contributed by atoms with Gasteiger partial charge in [0.1, 0.15) is 5.69 Å². The van der Waals surface area contributed by atoms with Crippen molar-refractivity contribution in [2.24, 2.45) is 0 Å². The lowest BCUT2D eigenvalue weighted by Crippen LogP contribution is -2.08. The maximum atomic E-state index is 11.0. The van der Waals surface area contributed by atoms with Crippen molar-refractivity contribution in [1.29, 1.82) is 0 Å². The summed E-state index contributed by atoms with van der Waals surface area (Å²) >= 11 is 0. The van der Waals surface area contributed by atoms with Gasteiger partial charge < -0.3 is 19.0 Å². The molecule has 8 nitrogen and oxygen atoms in total. The Morgan fingerprint density at radius 2 is 2.00 bits per heavy atom. The van der Waals surface area contributed by atoms with Crippen LogP contribution in [0.1, 0.15) is 27.9 Å². The molecule has 0 aliphatic heterocycles. The van der Waals surface area contributed by atoms with Gasteiger partial charge >= 0.3 is 11.9 Å². The average molecular weight is 280 g/mol. The van der Waals surface area contributed by atoms with Crippen LogP contribution < -0.4 is 0 Å². The monoisotopic (exact) mass is 280 g/mol.